The van der Waals surface area contributed by atoms with Crippen molar-refractivity contribution >= 4 is 29.0 Å². The SMILES string of the molecule is COc1ccccc1NC(=O)Cn1nc2c(SCc3ccccc3)nccn2c1=O. The van der Waals surface area contributed by atoms with Crippen LogP contribution < -0.4 is 15.7 Å². The number of fused-ring (bicyclic) bond motifs is 1. The number of para-hydroxylation sites is 2. The van der Waals surface area contributed by atoms with E-state index in [1.807, 2.05) is 36.4 Å². The number of ether oxygens (including phenoxy) is 1. The van der Waals surface area contributed by atoms with Gasteiger partial charge < -0.3 is 10.1 Å². The summed E-state index contributed by atoms with van der Waals surface area (Å²) in [7, 11) is 1.53. The lowest BCUT2D eigenvalue weighted by molar-refractivity contribution is -0.117. The third-order valence-electron chi connectivity index (χ3n) is 4.36. The number of anilines is 1. The van der Waals surface area contributed by atoms with Crippen molar-refractivity contribution in [2.24, 2.45) is 0 Å². The number of nitrogens with zero attached hydrogens (tertiary/aromatic N) is 4. The molecule has 0 spiro atoms. The van der Waals surface area contributed by atoms with E-state index >= 15 is 0 Å². The van der Waals surface area contributed by atoms with Gasteiger partial charge in [0.1, 0.15) is 17.3 Å². The molecule has 0 radical (unpaired) electrons. The van der Waals surface area contributed by atoms with Gasteiger partial charge in [0.2, 0.25) is 5.91 Å². The molecular formula is C21H19N5O3S. The molecule has 30 heavy (non-hydrogen) atoms. The van der Waals surface area contributed by atoms with Gasteiger partial charge in [-0.2, -0.15) is 0 Å². The van der Waals surface area contributed by atoms with Crippen LogP contribution in [0.3, 0.4) is 0 Å². The third-order valence-corrected chi connectivity index (χ3v) is 5.40. The number of benzene rings is 2. The fourth-order valence-electron chi connectivity index (χ4n) is 2.93. The first kappa shape index (κ1) is 19.7. The summed E-state index contributed by atoms with van der Waals surface area (Å²) in [6.07, 6.45) is 3.11. The highest BCUT2D eigenvalue weighted by Gasteiger charge is 2.15. The smallest absolute Gasteiger partial charge is 0.350 e. The van der Waals surface area contributed by atoms with Crippen LogP contribution in [0.1, 0.15) is 5.56 Å². The molecule has 0 aliphatic carbocycles. The zero-order valence-electron chi connectivity index (χ0n) is 16.2. The number of rotatable bonds is 7. The van der Waals surface area contributed by atoms with E-state index in [2.05, 4.69) is 15.4 Å². The highest BCUT2D eigenvalue weighted by molar-refractivity contribution is 7.98. The molecule has 0 aliphatic rings. The average molecular weight is 421 g/mol. The van der Waals surface area contributed by atoms with Crippen molar-refractivity contribution in [2.75, 3.05) is 12.4 Å². The van der Waals surface area contributed by atoms with Gasteiger partial charge in [-0.25, -0.2) is 18.9 Å². The van der Waals surface area contributed by atoms with Crippen molar-refractivity contribution in [3.63, 3.8) is 0 Å². The van der Waals surface area contributed by atoms with Crippen LogP contribution in [0.15, 0.2) is 76.8 Å². The Morgan fingerprint density at radius 3 is 2.70 bits per heavy atom. The van der Waals surface area contributed by atoms with E-state index in [1.165, 1.54) is 23.3 Å². The predicted octanol–water partition coefficient (Wildman–Crippen LogP) is 2.83. The van der Waals surface area contributed by atoms with Crippen LogP contribution in [-0.4, -0.2) is 32.2 Å². The maximum absolute atomic E-state index is 12.7. The Morgan fingerprint density at radius 1 is 1.13 bits per heavy atom. The zero-order chi connectivity index (χ0) is 20.9. The van der Waals surface area contributed by atoms with E-state index in [0.717, 1.165) is 10.2 Å². The molecule has 0 saturated heterocycles. The average Bonchev–Trinajstić information content (AvgIpc) is 3.09. The second kappa shape index (κ2) is 8.83. The summed E-state index contributed by atoms with van der Waals surface area (Å²) in [6.45, 7) is -0.221. The first-order chi connectivity index (χ1) is 14.7. The number of nitrogens with one attached hydrogen (secondary N) is 1. The molecule has 9 heteroatoms. The monoisotopic (exact) mass is 421 g/mol. The van der Waals surface area contributed by atoms with Gasteiger partial charge in [0.15, 0.2) is 5.65 Å². The molecule has 4 rings (SSSR count). The molecule has 0 aliphatic heterocycles. The molecule has 2 aromatic carbocycles. The minimum Gasteiger partial charge on any atom is -0.495 e. The summed E-state index contributed by atoms with van der Waals surface area (Å²) < 4.78 is 7.77. The van der Waals surface area contributed by atoms with Crippen molar-refractivity contribution < 1.29 is 9.53 Å². The minimum atomic E-state index is -0.399. The standard InChI is InChI=1S/C21H19N5O3S/c1-29-17-10-6-5-9-16(17)23-18(27)13-26-21(28)25-12-11-22-20(19(25)24-26)30-14-15-7-3-2-4-8-15/h2-12H,13-14H2,1H3,(H,23,27). The highest BCUT2D eigenvalue weighted by atomic mass is 32.2. The van der Waals surface area contributed by atoms with Gasteiger partial charge >= 0.3 is 5.69 Å². The van der Waals surface area contributed by atoms with Gasteiger partial charge in [-0.05, 0) is 17.7 Å². The molecular weight excluding hydrogens is 402 g/mol. The summed E-state index contributed by atoms with van der Waals surface area (Å²) in [5.74, 6) is 0.858. The topological polar surface area (TPSA) is 90.5 Å². The number of methoxy groups -OCH3 is 1. The van der Waals surface area contributed by atoms with Crippen molar-refractivity contribution in [1.82, 2.24) is 19.2 Å². The van der Waals surface area contributed by atoms with Gasteiger partial charge in [0, 0.05) is 18.1 Å². The second-order valence-corrected chi connectivity index (χ2v) is 7.35. The van der Waals surface area contributed by atoms with Crippen molar-refractivity contribution in [1.29, 1.82) is 0 Å². The quantitative estimate of drug-likeness (QED) is 0.462. The predicted molar refractivity (Wildman–Crippen MR) is 115 cm³/mol. The largest absolute Gasteiger partial charge is 0.495 e. The lowest BCUT2D eigenvalue weighted by Gasteiger charge is -2.09. The van der Waals surface area contributed by atoms with E-state index in [9.17, 15) is 9.59 Å². The van der Waals surface area contributed by atoms with Crippen molar-refractivity contribution in [2.45, 2.75) is 17.3 Å². The zero-order valence-corrected chi connectivity index (χ0v) is 17.0. The van der Waals surface area contributed by atoms with Crippen LogP contribution in [-0.2, 0) is 17.1 Å². The molecule has 8 nitrogen and oxygen atoms in total. The molecule has 4 aromatic rings. The maximum Gasteiger partial charge on any atom is 0.350 e. The van der Waals surface area contributed by atoms with Crippen molar-refractivity contribution in [3.8, 4) is 5.75 Å². The molecule has 152 valence electrons. The van der Waals surface area contributed by atoms with Crippen LogP contribution in [0.2, 0.25) is 0 Å². The summed E-state index contributed by atoms with van der Waals surface area (Å²) >= 11 is 1.49. The third kappa shape index (κ3) is 4.20. The van der Waals surface area contributed by atoms with Gasteiger partial charge in [0.05, 0.1) is 12.8 Å². The molecule has 0 fully saturated rings. The lowest BCUT2D eigenvalue weighted by Crippen LogP contribution is -2.28. The number of hydrogen-bond acceptors (Lipinski definition) is 6. The van der Waals surface area contributed by atoms with Gasteiger partial charge in [-0.1, -0.05) is 54.2 Å². The van der Waals surface area contributed by atoms with Crippen LogP contribution in [0.25, 0.3) is 5.65 Å². The maximum atomic E-state index is 12.7. The molecule has 0 unspecified atom stereocenters. The number of aromatic nitrogens is 4. The van der Waals surface area contributed by atoms with Crippen molar-refractivity contribution in [3.05, 3.63) is 83.0 Å². The number of hydrogen-bond donors (Lipinski definition) is 1. The Hall–Kier alpha value is -3.59. The fourth-order valence-corrected chi connectivity index (χ4v) is 3.83. The van der Waals surface area contributed by atoms with Crippen LogP contribution in [0, 0.1) is 0 Å². The highest BCUT2D eigenvalue weighted by Crippen LogP contribution is 2.24. The first-order valence-corrected chi connectivity index (χ1v) is 10.2. The Labute approximate surface area is 176 Å². The van der Waals surface area contributed by atoms with Crippen LogP contribution >= 0.6 is 11.8 Å². The van der Waals surface area contributed by atoms with Gasteiger partial charge in [-0.15, -0.1) is 5.10 Å². The molecule has 1 N–H and O–H groups in total. The summed E-state index contributed by atoms with van der Waals surface area (Å²) in [4.78, 5) is 29.5. The summed E-state index contributed by atoms with van der Waals surface area (Å²) in [6, 6.07) is 17.0. The van der Waals surface area contributed by atoms with E-state index in [4.69, 9.17) is 4.74 Å². The second-order valence-electron chi connectivity index (χ2n) is 6.39. The minimum absolute atomic E-state index is 0.221. The van der Waals surface area contributed by atoms with E-state index in [0.29, 0.717) is 27.9 Å². The number of carbonyl (C=O) groups is 1. The Bertz CT molecular complexity index is 1240. The molecule has 0 saturated carbocycles. The van der Waals surface area contributed by atoms with E-state index in [-0.39, 0.29) is 12.5 Å². The molecule has 1 amide bonds. The fraction of sp³-hybridized carbons (Fsp3) is 0.143. The Kier molecular flexibility index (Phi) is 5.80. The normalized spacial score (nSPS) is 10.8. The lowest BCUT2D eigenvalue weighted by atomic mass is 10.2. The van der Waals surface area contributed by atoms with E-state index < -0.39 is 5.69 Å². The Morgan fingerprint density at radius 2 is 1.90 bits per heavy atom. The molecule has 0 atom stereocenters. The van der Waals surface area contributed by atoms with Crippen LogP contribution in [0.5, 0.6) is 5.75 Å². The Balaban J connectivity index is 1.54. The molecule has 2 heterocycles. The summed E-state index contributed by atoms with van der Waals surface area (Å²) in [5.41, 5.74) is 1.70. The van der Waals surface area contributed by atoms with Crippen LogP contribution in [0.4, 0.5) is 5.69 Å². The number of thioether (sulfide) groups is 1. The molecule has 2 aromatic heterocycles. The van der Waals surface area contributed by atoms with Gasteiger partial charge in [0.25, 0.3) is 0 Å². The van der Waals surface area contributed by atoms with Gasteiger partial charge in [-0.3, -0.25) is 4.79 Å². The summed E-state index contributed by atoms with van der Waals surface area (Å²) in [5, 5.41) is 7.72. The first-order valence-electron chi connectivity index (χ1n) is 9.19. The molecule has 0 bridgehead atoms. The number of carbonyl (C=O) groups excluding carboxylic acids is 1. The number of amides is 1. The van der Waals surface area contributed by atoms with E-state index in [1.54, 1.807) is 30.6 Å².